The van der Waals surface area contributed by atoms with Crippen molar-refractivity contribution in [3.05, 3.63) is 0 Å². The van der Waals surface area contributed by atoms with Crippen LogP contribution < -0.4 is 5.32 Å². The van der Waals surface area contributed by atoms with Gasteiger partial charge in [0.15, 0.2) is 0 Å². The van der Waals surface area contributed by atoms with Crippen molar-refractivity contribution in [1.82, 2.24) is 10.2 Å². The highest BCUT2D eigenvalue weighted by Crippen LogP contribution is 2.18. The van der Waals surface area contributed by atoms with Gasteiger partial charge in [-0.2, -0.15) is 5.26 Å². The van der Waals surface area contributed by atoms with Crippen LogP contribution in [0.5, 0.6) is 0 Å². The number of hydrogen-bond donors (Lipinski definition) is 1. The zero-order valence-electron chi connectivity index (χ0n) is 12.6. The summed E-state index contributed by atoms with van der Waals surface area (Å²) in [5.74, 6) is 0.0871. The second kappa shape index (κ2) is 6.60. The van der Waals surface area contributed by atoms with E-state index in [1.807, 2.05) is 13.0 Å². The van der Waals surface area contributed by atoms with Crippen molar-refractivity contribution in [1.29, 1.82) is 5.26 Å². The third kappa shape index (κ3) is 5.08. The molecule has 1 heterocycles. The van der Waals surface area contributed by atoms with Crippen molar-refractivity contribution in [3.8, 4) is 6.07 Å². The molecule has 2 atom stereocenters. The number of piperidine rings is 1. The Hall–Kier alpha value is -1.77. The van der Waals surface area contributed by atoms with Crippen LogP contribution in [0.3, 0.4) is 0 Å². The van der Waals surface area contributed by atoms with Crippen molar-refractivity contribution in [2.24, 2.45) is 5.92 Å². The number of carbonyl (C=O) groups is 2. The summed E-state index contributed by atoms with van der Waals surface area (Å²) in [5, 5.41) is 11.4. The first-order chi connectivity index (χ1) is 9.23. The number of rotatable bonds is 2. The van der Waals surface area contributed by atoms with Gasteiger partial charge in [-0.3, -0.25) is 4.79 Å². The normalized spacial score (nSPS) is 22.9. The van der Waals surface area contributed by atoms with E-state index in [1.54, 1.807) is 25.7 Å². The Morgan fingerprint density at radius 2 is 2.10 bits per heavy atom. The molecule has 0 saturated carbocycles. The van der Waals surface area contributed by atoms with Gasteiger partial charge in [0.05, 0.1) is 12.1 Å². The van der Waals surface area contributed by atoms with Gasteiger partial charge in [0, 0.05) is 13.1 Å². The Bertz CT molecular complexity index is 409. The molecule has 1 N–H and O–H groups in total. The monoisotopic (exact) mass is 281 g/mol. The predicted octanol–water partition coefficient (Wildman–Crippen LogP) is 1.66. The molecular formula is C14H23N3O3. The number of alkyl carbamates (subject to hydrolysis) is 1. The van der Waals surface area contributed by atoms with Crippen LogP contribution in [0.1, 0.15) is 40.5 Å². The SMILES string of the molecule is C[C@H]1CCN(C(=O)CC#N)C[C@H]1NC(=O)OC(C)(C)C. The molecule has 0 aromatic heterocycles. The Labute approximate surface area is 120 Å². The van der Waals surface area contributed by atoms with Gasteiger partial charge in [0.1, 0.15) is 12.0 Å². The average molecular weight is 281 g/mol. The Morgan fingerprint density at radius 1 is 1.45 bits per heavy atom. The number of hydrogen-bond acceptors (Lipinski definition) is 4. The Morgan fingerprint density at radius 3 is 2.65 bits per heavy atom. The second-order valence-corrected chi connectivity index (χ2v) is 6.19. The minimum Gasteiger partial charge on any atom is -0.444 e. The van der Waals surface area contributed by atoms with Crippen LogP contribution >= 0.6 is 0 Å². The fourth-order valence-electron chi connectivity index (χ4n) is 2.12. The predicted molar refractivity (Wildman–Crippen MR) is 73.7 cm³/mol. The number of nitrogens with one attached hydrogen (secondary N) is 1. The van der Waals surface area contributed by atoms with Gasteiger partial charge in [-0.1, -0.05) is 6.92 Å². The molecule has 0 aromatic carbocycles. The lowest BCUT2D eigenvalue weighted by atomic mass is 9.93. The molecule has 1 aliphatic heterocycles. The molecule has 1 fully saturated rings. The van der Waals surface area contributed by atoms with Gasteiger partial charge in [-0.05, 0) is 33.1 Å². The summed E-state index contributed by atoms with van der Waals surface area (Å²) in [6.07, 6.45) is 0.217. The number of ether oxygens (including phenoxy) is 1. The van der Waals surface area contributed by atoms with E-state index >= 15 is 0 Å². The molecule has 0 aliphatic carbocycles. The van der Waals surface area contributed by atoms with Crippen molar-refractivity contribution in [3.63, 3.8) is 0 Å². The summed E-state index contributed by atoms with van der Waals surface area (Å²) in [6, 6.07) is 1.72. The number of likely N-dealkylation sites (tertiary alicyclic amines) is 1. The minimum absolute atomic E-state index is 0.118. The first-order valence-corrected chi connectivity index (χ1v) is 6.87. The summed E-state index contributed by atoms with van der Waals surface area (Å²) in [7, 11) is 0. The van der Waals surface area contributed by atoms with Gasteiger partial charge < -0.3 is 15.0 Å². The van der Waals surface area contributed by atoms with Crippen LogP contribution in [-0.4, -0.2) is 41.6 Å². The molecule has 0 radical (unpaired) electrons. The van der Waals surface area contributed by atoms with Gasteiger partial charge in [0.2, 0.25) is 5.91 Å². The third-order valence-corrected chi connectivity index (χ3v) is 3.24. The minimum atomic E-state index is -0.543. The molecule has 0 bridgehead atoms. The first-order valence-electron chi connectivity index (χ1n) is 6.87. The molecule has 6 nitrogen and oxygen atoms in total. The largest absolute Gasteiger partial charge is 0.444 e. The highest BCUT2D eigenvalue weighted by Gasteiger charge is 2.30. The van der Waals surface area contributed by atoms with E-state index in [-0.39, 0.29) is 24.3 Å². The highest BCUT2D eigenvalue weighted by molar-refractivity contribution is 5.78. The van der Waals surface area contributed by atoms with Gasteiger partial charge in [-0.15, -0.1) is 0 Å². The molecule has 112 valence electrons. The van der Waals surface area contributed by atoms with E-state index in [0.29, 0.717) is 13.1 Å². The fourth-order valence-corrected chi connectivity index (χ4v) is 2.12. The maximum atomic E-state index is 11.8. The molecule has 0 spiro atoms. The van der Waals surface area contributed by atoms with E-state index in [4.69, 9.17) is 10.00 Å². The van der Waals surface area contributed by atoms with Crippen LogP contribution in [0.4, 0.5) is 4.79 Å². The standard InChI is InChI=1S/C14H23N3O3/c1-10-6-8-17(12(18)5-7-15)9-11(10)16-13(19)20-14(2,3)4/h10-11H,5-6,8-9H2,1-4H3,(H,16,19)/t10-,11+/m0/s1. The average Bonchev–Trinajstić information content (AvgIpc) is 2.29. The molecule has 0 aromatic rings. The van der Waals surface area contributed by atoms with E-state index in [9.17, 15) is 9.59 Å². The van der Waals surface area contributed by atoms with Gasteiger partial charge in [-0.25, -0.2) is 4.79 Å². The number of nitriles is 1. The van der Waals surface area contributed by atoms with Crippen molar-refractivity contribution < 1.29 is 14.3 Å². The molecule has 20 heavy (non-hydrogen) atoms. The summed E-state index contributed by atoms with van der Waals surface area (Å²) in [4.78, 5) is 25.1. The van der Waals surface area contributed by atoms with Crippen molar-refractivity contribution >= 4 is 12.0 Å². The number of carbonyl (C=O) groups excluding carboxylic acids is 2. The molecule has 6 heteroatoms. The van der Waals surface area contributed by atoms with Crippen LogP contribution in [-0.2, 0) is 9.53 Å². The van der Waals surface area contributed by atoms with E-state index < -0.39 is 11.7 Å². The zero-order chi connectivity index (χ0) is 15.3. The molecule has 0 unspecified atom stereocenters. The van der Waals surface area contributed by atoms with E-state index in [0.717, 1.165) is 6.42 Å². The lowest BCUT2D eigenvalue weighted by Gasteiger charge is -2.37. The summed E-state index contributed by atoms with van der Waals surface area (Å²) in [5.41, 5.74) is -0.543. The maximum absolute atomic E-state index is 11.8. The maximum Gasteiger partial charge on any atom is 0.407 e. The van der Waals surface area contributed by atoms with Crippen LogP contribution in [0.25, 0.3) is 0 Å². The Balaban J connectivity index is 2.57. The third-order valence-electron chi connectivity index (χ3n) is 3.24. The van der Waals surface area contributed by atoms with Crippen molar-refractivity contribution in [2.45, 2.75) is 52.2 Å². The van der Waals surface area contributed by atoms with Crippen LogP contribution in [0, 0.1) is 17.2 Å². The second-order valence-electron chi connectivity index (χ2n) is 6.19. The smallest absolute Gasteiger partial charge is 0.407 e. The summed E-state index contributed by atoms with van der Waals surface area (Å²) in [6.45, 7) is 8.52. The van der Waals surface area contributed by atoms with Crippen LogP contribution in [0.15, 0.2) is 0 Å². The van der Waals surface area contributed by atoms with Crippen LogP contribution in [0.2, 0.25) is 0 Å². The van der Waals surface area contributed by atoms with Crippen molar-refractivity contribution in [2.75, 3.05) is 13.1 Å². The molecule has 2 amide bonds. The Kier molecular flexibility index (Phi) is 5.37. The van der Waals surface area contributed by atoms with Gasteiger partial charge in [0.25, 0.3) is 0 Å². The molecular weight excluding hydrogens is 258 g/mol. The quantitative estimate of drug-likeness (QED) is 0.834. The molecule has 1 aliphatic rings. The van der Waals surface area contributed by atoms with E-state index in [1.165, 1.54) is 0 Å². The van der Waals surface area contributed by atoms with E-state index in [2.05, 4.69) is 5.32 Å². The number of amides is 2. The lowest BCUT2D eigenvalue weighted by Crippen LogP contribution is -2.54. The summed E-state index contributed by atoms with van der Waals surface area (Å²) < 4.78 is 5.23. The highest BCUT2D eigenvalue weighted by atomic mass is 16.6. The summed E-state index contributed by atoms with van der Waals surface area (Å²) >= 11 is 0. The molecule has 1 rings (SSSR count). The lowest BCUT2D eigenvalue weighted by molar-refractivity contribution is -0.132. The van der Waals surface area contributed by atoms with Gasteiger partial charge >= 0.3 is 6.09 Å². The fraction of sp³-hybridized carbons (Fsp3) is 0.786. The molecule has 1 saturated heterocycles. The topological polar surface area (TPSA) is 82.4 Å². The number of nitrogens with zero attached hydrogens (tertiary/aromatic N) is 2. The zero-order valence-corrected chi connectivity index (χ0v) is 12.6. The first kappa shape index (κ1) is 16.3.